The molecule has 2 amide bonds. The molecule has 0 unspecified atom stereocenters. The summed E-state index contributed by atoms with van der Waals surface area (Å²) in [4.78, 5) is 47.8. The zero-order valence-corrected chi connectivity index (χ0v) is 15.8. The van der Waals surface area contributed by atoms with Gasteiger partial charge in [0.2, 0.25) is 5.91 Å². The normalized spacial score (nSPS) is 23.2. The van der Waals surface area contributed by atoms with Crippen molar-refractivity contribution in [3.05, 3.63) is 11.3 Å². The van der Waals surface area contributed by atoms with Gasteiger partial charge in [-0.2, -0.15) is 11.8 Å². The Hall–Kier alpha value is -1.72. The first-order chi connectivity index (χ1) is 12.3. The summed E-state index contributed by atoms with van der Waals surface area (Å²) in [5, 5.41) is 20.3. The SMILES string of the molecule is CSCC1=C(C(=O)O)N2C(=O)[C@@H](NC(=O)CCC[C@@H](N)C(=O)O)[C@H]2SC1. The highest BCUT2D eigenvalue weighted by molar-refractivity contribution is 8.00. The van der Waals surface area contributed by atoms with E-state index >= 15 is 0 Å². The van der Waals surface area contributed by atoms with Crippen LogP contribution in [0.15, 0.2) is 11.3 Å². The summed E-state index contributed by atoms with van der Waals surface area (Å²) in [5.41, 5.74) is 6.09. The number of carbonyl (C=O) groups is 4. The molecule has 0 aromatic heterocycles. The molecule has 0 aliphatic carbocycles. The first-order valence-electron chi connectivity index (χ1n) is 7.94. The first kappa shape index (κ1) is 20.6. The van der Waals surface area contributed by atoms with Crippen molar-refractivity contribution in [2.75, 3.05) is 17.8 Å². The number of nitrogens with two attached hydrogens (primary N) is 1. The van der Waals surface area contributed by atoms with E-state index in [2.05, 4.69) is 5.32 Å². The lowest BCUT2D eigenvalue weighted by atomic mass is 10.0. The van der Waals surface area contributed by atoms with E-state index in [0.717, 1.165) is 0 Å². The molecule has 2 heterocycles. The van der Waals surface area contributed by atoms with E-state index in [0.29, 0.717) is 23.5 Å². The number of nitrogens with zero attached hydrogens (tertiary/aromatic N) is 1. The fourth-order valence-electron chi connectivity index (χ4n) is 2.82. The third-order valence-electron chi connectivity index (χ3n) is 4.12. The Morgan fingerprint density at radius 3 is 2.69 bits per heavy atom. The zero-order chi connectivity index (χ0) is 19.4. The minimum Gasteiger partial charge on any atom is -0.480 e. The van der Waals surface area contributed by atoms with E-state index < -0.39 is 35.3 Å². The third kappa shape index (κ3) is 4.33. The van der Waals surface area contributed by atoms with Crippen LogP contribution in [0.3, 0.4) is 0 Å². The molecule has 0 bridgehead atoms. The summed E-state index contributed by atoms with van der Waals surface area (Å²) in [7, 11) is 0. The molecular formula is C15H21N3O6S2. The lowest BCUT2D eigenvalue weighted by Gasteiger charge is -2.49. The predicted molar refractivity (Wildman–Crippen MR) is 97.5 cm³/mol. The van der Waals surface area contributed by atoms with Crippen molar-refractivity contribution in [3.8, 4) is 0 Å². The van der Waals surface area contributed by atoms with Crippen LogP contribution in [0.25, 0.3) is 0 Å². The van der Waals surface area contributed by atoms with Crippen LogP contribution in [-0.4, -0.2) is 74.1 Å². The number of aliphatic carboxylic acids is 2. The largest absolute Gasteiger partial charge is 0.480 e. The number of β-lactam (4-membered cyclic amide) rings is 1. The van der Waals surface area contributed by atoms with Crippen LogP contribution in [-0.2, 0) is 19.2 Å². The summed E-state index contributed by atoms with van der Waals surface area (Å²) < 4.78 is 0. The van der Waals surface area contributed by atoms with Gasteiger partial charge in [-0.15, -0.1) is 11.8 Å². The Morgan fingerprint density at radius 1 is 1.42 bits per heavy atom. The number of fused-ring (bicyclic) bond motifs is 1. The van der Waals surface area contributed by atoms with Gasteiger partial charge in [-0.25, -0.2) is 4.79 Å². The maximum Gasteiger partial charge on any atom is 0.352 e. The number of carboxylic acids is 2. The number of rotatable bonds is 9. The molecule has 2 rings (SSSR count). The van der Waals surface area contributed by atoms with Crippen LogP contribution in [0.2, 0.25) is 0 Å². The summed E-state index contributed by atoms with van der Waals surface area (Å²) in [6, 6.07) is -1.78. The van der Waals surface area contributed by atoms with Crippen LogP contribution in [0, 0.1) is 0 Å². The first-order valence-corrected chi connectivity index (χ1v) is 10.4. The number of amides is 2. The minimum absolute atomic E-state index is 0.0195. The highest BCUT2D eigenvalue weighted by atomic mass is 32.2. The second-order valence-corrected chi connectivity index (χ2v) is 7.95. The van der Waals surface area contributed by atoms with Crippen LogP contribution in [0.4, 0.5) is 0 Å². The van der Waals surface area contributed by atoms with Gasteiger partial charge < -0.3 is 21.3 Å². The molecule has 0 radical (unpaired) electrons. The fourth-order valence-corrected chi connectivity index (χ4v) is 4.88. The number of carboxylic acid groups (broad SMARTS) is 2. The highest BCUT2D eigenvalue weighted by Gasteiger charge is 2.53. The van der Waals surface area contributed by atoms with Gasteiger partial charge in [-0.3, -0.25) is 19.3 Å². The molecule has 9 nitrogen and oxygen atoms in total. The molecule has 144 valence electrons. The van der Waals surface area contributed by atoms with Gasteiger partial charge in [0, 0.05) is 17.9 Å². The van der Waals surface area contributed by atoms with Crippen molar-refractivity contribution in [1.29, 1.82) is 0 Å². The molecule has 1 saturated heterocycles. The van der Waals surface area contributed by atoms with E-state index in [-0.39, 0.29) is 24.4 Å². The smallest absolute Gasteiger partial charge is 0.352 e. The standard InChI is InChI=1S/C15H21N3O6S2/c1-25-5-7-6-26-13-10(12(20)18(13)11(7)15(23)24)17-9(19)4-2-3-8(16)14(21)22/h8,10,13H,2-6,16H2,1H3,(H,17,19)(H,21,22)(H,23,24)/t8-,10-,13-/m1/s1. The van der Waals surface area contributed by atoms with Crippen LogP contribution in [0.5, 0.6) is 0 Å². The molecule has 0 aromatic carbocycles. The summed E-state index contributed by atoms with van der Waals surface area (Å²) >= 11 is 2.92. The van der Waals surface area contributed by atoms with E-state index in [1.807, 2.05) is 6.26 Å². The molecule has 11 heteroatoms. The molecule has 5 N–H and O–H groups in total. The van der Waals surface area contributed by atoms with E-state index in [1.165, 1.54) is 28.4 Å². The average Bonchev–Trinajstić information content (AvgIpc) is 2.59. The highest BCUT2D eigenvalue weighted by Crippen LogP contribution is 2.40. The van der Waals surface area contributed by atoms with E-state index in [1.54, 1.807) is 0 Å². The number of nitrogens with one attached hydrogen (secondary N) is 1. The Bertz CT molecular complexity index is 653. The van der Waals surface area contributed by atoms with Crippen LogP contribution < -0.4 is 11.1 Å². The Labute approximate surface area is 158 Å². The number of hydrogen-bond donors (Lipinski definition) is 4. The molecule has 0 spiro atoms. The Morgan fingerprint density at radius 2 is 2.12 bits per heavy atom. The monoisotopic (exact) mass is 403 g/mol. The maximum atomic E-state index is 12.4. The van der Waals surface area contributed by atoms with Gasteiger partial charge >= 0.3 is 11.9 Å². The lowest BCUT2D eigenvalue weighted by molar-refractivity contribution is -0.150. The second-order valence-electron chi connectivity index (χ2n) is 5.98. The Kier molecular flexibility index (Phi) is 6.95. The molecule has 2 aliphatic rings. The van der Waals surface area contributed by atoms with Crippen molar-refractivity contribution < 1.29 is 29.4 Å². The topological polar surface area (TPSA) is 150 Å². The van der Waals surface area contributed by atoms with Gasteiger partial charge in [0.25, 0.3) is 5.91 Å². The third-order valence-corrected chi connectivity index (χ3v) is 6.10. The van der Waals surface area contributed by atoms with Crippen LogP contribution >= 0.6 is 23.5 Å². The average molecular weight is 403 g/mol. The quantitative estimate of drug-likeness (QED) is 0.379. The van der Waals surface area contributed by atoms with Crippen molar-refractivity contribution >= 4 is 47.3 Å². The predicted octanol–water partition coefficient (Wildman–Crippen LogP) is -0.330. The van der Waals surface area contributed by atoms with Crippen molar-refractivity contribution in [2.45, 2.75) is 36.7 Å². The van der Waals surface area contributed by atoms with Gasteiger partial charge in [0.15, 0.2) is 0 Å². The Balaban J connectivity index is 1.93. The molecule has 1 fully saturated rings. The zero-order valence-electron chi connectivity index (χ0n) is 14.1. The number of carbonyl (C=O) groups excluding carboxylic acids is 2. The number of thioether (sulfide) groups is 2. The van der Waals surface area contributed by atoms with Crippen molar-refractivity contribution in [3.63, 3.8) is 0 Å². The maximum absolute atomic E-state index is 12.4. The number of hydrogen-bond acceptors (Lipinski definition) is 7. The fraction of sp³-hybridized carbons (Fsp3) is 0.600. The van der Waals surface area contributed by atoms with Gasteiger partial charge in [0.1, 0.15) is 23.2 Å². The molecule has 26 heavy (non-hydrogen) atoms. The second kappa shape index (κ2) is 8.78. The van der Waals surface area contributed by atoms with Crippen molar-refractivity contribution in [1.82, 2.24) is 10.2 Å². The molecular weight excluding hydrogens is 382 g/mol. The molecule has 0 saturated carbocycles. The molecule has 0 aromatic rings. The summed E-state index contributed by atoms with van der Waals surface area (Å²) in [6.45, 7) is 0. The summed E-state index contributed by atoms with van der Waals surface area (Å²) in [5.74, 6) is -2.04. The van der Waals surface area contributed by atoms with Crippen LogP contribution in [0.1, 0.15) is 19.3 Å². The minimum atomic E-state index is -1.14. The van der Waals surface area contributed by atoms with Gasteiger partial charge in [-0.1, -0.05) is 0 Å². The lowest BCUT2D eigenvalue weighted by Crippen LogP contribution is -2.70. The van der Waals surface area contributed by atoms with E-state index in [9.17, 15) is 24.3 Å². The van der Waals surface area contributed by atoms with Crippen molar-refractivity contribution in [2.24, 2.45) is 5.73 Å². The molecule has 2 aliphatic heterocycles. The summed E-state index contributed by atoms with van der Waals surface area (Å²) in [6.07, 6.45) is 2.37. The van der Waals surface area contributed by atoms with Gasteiger partial charge in [-0.05, 0) is 24.7 Å². The van der Waals surface area contributed by atoms with E-state index in [4.69, 9.17) is 10.8 Å². The molecule has 3 atom stereocenters. The van der Waals surface area contributed by atoms with Gasteiger partial charge in [0.05, 0.1) is 0 Å².